The summed E-state index contributed by atoms with van der Waals surface area (Å²) in [6.07, 6.45) is 1.37. The Balaban J connectivity index is 2.25. The monoisotopic (exact) mass is 235 g/mol. The first-order valence-electron chi connectivity index (χ1n) is 5.25. The molecule has 90 valence electrons. The molecule has 0 aliphatic rings. The van der Waals surface area contributed by atoms with Crippen molar-refractivity contribution in [1.29, 1.82) is 0 Å². The van der Waals surface area contributed by atoms with Gasteiger partial charge in [-0.3, -0.25) is 4.79 Å². The largest absolute Gasteiger partial charge is 0.463 e. The van der Waals surface area contributed by atoms with Gasteiger partial charge in [-0.25, -0.2) is 0 Å². The van der Waals surface area contributed by atoms with Crippen LogP contribution < -0.4 is 5.32 Å². The SMILES string of the molecule is O=C(NC(CO)CO)c1coc2ccccc12. The van der Waals surface area contributed by atoms with Crippen LogP contribution in [0.2, 0.25) is 0 Å². The highest BCUT2D eigenvalue weighted by molar-refractivity contribution is 6.05. The molecule has 5 nitrogen and oxygen atoms in total. The Morgan fingerprint density at radius 1 is 1.29 bits per heavy atom. The fraction of sp³-hybridized carbons (Fsp3) is 0.250. The molecule has 0 spiro atoms. The molecule has 0 saturated heterocycles. The Morgan fingerprint density at radius 2 is 2.00 bits per heavy atom. The third-order valence-corrected chi connectivity index (χ3v) is 2.50. The van der Waals surface area contributed by atoms with E-state index < -0.39 is 6.04 Å². The lowest BCUT2D eigenvalue weighted by atomic mass is 10.1. The van der Waals surface area contributed by atoms with E-state index in [4.69, 9.17) is 14.6 Å². The van der Waals surface area contributed by atoms with Crippen LogP contribution in [0.25, 0.3) is 11.0 Å². The lowest BCUT2D eigenvalue weighted by Gasteiger charge is -2.12. The van der Waals surface area contributed by atoms with Crippen molar-refractivity contribution >= 4 is 16.9 Å². The molecule has 0 unspecified atom stereocenters. The maximum atomic E-state index is 11.9. The fourth-order valence-electron chi connectivity index (χ4n) is 1.57. The van der Waals surface area contributed by atoms with Crippen molar-refractivity contribution in [3.8, 4) is 0 Å². The van der Waals surface area contributed by atoms with E-state index in [1.54, 1.807) is 12.1 Å². The van der Waals surface area contributed by atoms with Gasteiger partial charge in [-0.1, -0.05) is 18.2 Å². The molecule has 0 atom stereocenters. The summed E-state index contributed by atoms with van der Waals surface area (Å²) in [4.78, 5) is 11.9. The lowest BCUT2D eigenvalue weighted by Crippen LogP contribution is -2.39. The number of para-hydroxylation sites is 1. The van der Waals surface area contributed by atoms with Crippen LogP contribution in [0.5, 0.6) is 0 Å². The number of aliphatic hydroxyl groups is 2. The number of nitrogens with one attached hydrogen (secondary N) is 1. The van der Waals surface area contributed by atoms with E-state index in [1.807, 2.05) is 12.1 Å². The van der Waals surface area contributed by atoms with Crippen molar-refractivity contribution in [2.45, 2.75) is 6.04 Å². The summed E-state index contributed by atoms with van der Waals surface area (Å²) in [5, 5.41) is 21.0. The smallest absolute Gasteiger partial charge is 0.255 e. The van der Waals surface area contributed by atoms with Crippen molar-refractivity contribution < 1.29 is 19.4 Å². The minimum absolute atomic E-state index is 0.308. The van der Waals surface area contributed by atoms with Crippen molar-refractivity contribution in [2.75, 3.05) is 13.2 Å². The number of fused-ring (bicyclic) bond motifs is 1. The number of carbonyl (C=O) groups excluding carboxylic acids is 1. The summed E-state index contributed by atoms with van der Waals surface area (Å²) in [6, 6.07) is 6.51. The molecule has 0 aliphatic heterocycles. The second kappa shape index (κ2) is 4.99. The number of hydrogen-bond donors (Lipinski definition) is 3. The molecule has 0 aliphatic carbocycles. The summed E-state index contributed by atoms with van der Waals surface area (Å²) in [7, 11) is 0. The molecule has 3 N–H and O–H groups in total. The van der Waals surface area contributed by atoms with Crippen molar-refractivity contribution in [3.05, 3.63) is 36.1 Å². The molecule has 1 heterocycles. The highest BCUT2D eigenvalue weighted by Gasteiger charge is 2.16. The van der Waals surface area contributed by atoms with Crippen molar-refractivity contribution in [1.82, 2.24) is 5.32 Å². The molecule has 5 heteroatoms. The van der Waals surface area contributed by atoms with Gasteiger partial charge in [-0.15, -0.1) is 0 Å². The van der Waals surface area contributed by atoms with Crippen LogP contribution in [0, 0.1) is 0 Å². The van der Waals surface area contributed by atoms with E-state index in [9.17, 15) is 4.79 Å². The van der Waals surface area contributed by atoms with E-state index in [0.717, 1.165) is 0 Å². The first-order chi connectivity index (χ1) is 8.26. The Bertz CT molecular complexity index is 516. The highest BCUT2D eigenvalue weighted by Crippen LogP contribution is 2.20. The van der Waals surface area contributed by atoms with Crippen molar-refractivity contribution in [3.63, 3.8) is 0 Å². The average Bonchev–Trinajstić information content (AvgIpc) is 2.79. The van der Waals surface area contributed by atoms with Gasteiger partial charge in [0.1, 0.15) is 11.8 Å². The highest BCUT2D eigenvalue weighted by atomic mass is 16.3. The quantitative estimate of drug-likeness (QED) is 0.721. The van der Waals surface area contributed by atoms with Crippen molar-refractivity contribution in [2.24, 2.45) is 0 Å². The number of carbonyl (C=O) groups is 1. The maximum absolute atomic E-state index is 11.9. The summed E-state index contributed by atoms with van der Waals surface area (Å²) in [5.74, 6) is -0.372. The molecule has 1 aromatic heterocycles. The topological polar surface area (TPSA) is 82.7 Å². The summed E-state index contributed by atoms with van der Waals surface area (Å²) < 4.78 is 5.23. The Morgan fingerprint density at radius 3 is 2.71 bits per heavy atom. The standard InChI is InChI=1S/C12H13NO4/c14-5-8(6-15)13-12(16)10-7-17-11-4-2-1-3-9(10)11/h1-4,7-8,14-15H,5-6H2,(H,13,16). The minimum Gasteiger partial charge on any atom is -0.463 e. The molecular weight excluding hydrogens is 222 g/mol. The molecule has 0 radical (unpaired) electrons. The molecule has 0 saturated carbocycles. The molecule has 2 aromatic rings. The summed E-state index contributed by atoms with van der Waals surface area (Å²) in [5.41, 5.74) is 1.02. The first-order valence-corrected chi connectivity index (χ1v) is 5.25. The predicted molar refractivity (Wildman–Crippen MR) is 61.6 cm³/mol. The van der Waals surface area contributed by atoms with Gasteiger partial charge in [0.2, 0.25) is 0 Å². The van der Waals surface area contributed by atoms with Crippen LogP contribution in [-0.2, 0) is 0 Å². The molecule has 17 heavy (non-hydrogen) atoms. The normalized spacial score (nSPS) is 11.0. The molecule has 2 rings (SSSR count). The van der Waals surface area contributed by atoms with Crippen LogP contribution in [0.1, 0.15) is 10.4 Å². The lowest BCUT2D eigenvalue weighted by molar-refractivity contribution is 0.0880. The number of rotatable bonds is 4. The number of amides is 1. The minimum atomic E-state index is -0.656. The second-order valence-corrected chi connectivity index (χ2v) is 3.68. The predicted octanol–water partition coefficient (Wildman–Crippen LogP) is 0.516. The number of aliphatic hydroxyl groups excluding tert-OH is 2. The summed E-state index contributed by atoms with van der Waals surface area (Å²) >= 11 is 0. The van der Waals surface area contributed by atoms with Gasteiger partial charge in [-0.05, 0) is 6.07 Å². The van der Waals surface area contributed by atoms with Crippen LogP contribution in [0.3, 0.4) is 0 Å². The summed E-state index contributed by atoms with van der Waals surface area (Å²) in [6.45, 7) is -0.615. The van der Waals surface area contributed by atoms with Gasteiger partial charge in [0, 0.05) is 5.39 Å². The molecule has 0 bridgehead atoms. The third kappa shape index (κ3) is 2.30. The van der Waals surface area contributed by atoms with E-state index in [2.05, 4.69) is 5.32 Å². The average molecular weight is 235 g/mol. The Kier molecular flexibility index (Phi) is 3.41. The van der Waals surface area contributed by atoms with Gasteiger partial charge in [0.05, 0.1) is 24.8 Å². The zero-order valence-electron chi connectivity index (χ0n) is 9.09. The maximum Gasteiger partial charge on any atom is 0.255 e. The third-order valence-electron chi connectivity index (χ3n) is 2.50. The zero-order chi connectivity index (χ0) is 12.3. The van der Waals surface area contributed by atoms with Crippen LogP contribution >= 0.6 is 0 Å². The van der Waals surface area contributed by atoms with Crippen LogP contribution in [0.15, 0.2) is 34.9 Å². The number of hydrogen-bond acceptors (Lipinski definition) is 4. The van der Waals surface area contributed by atoms with Gasteiger partial charge in [0.25, 0.3) is 5.91 Å². The second-order valence-electron chi connectivity index (χ2n) is 3.68. The number of furan rings is 1. The van der Waals surface area contributed by atoms with E-state index >= 15 is 0 Å². The van der Waals surface area contributed by atoms with Crippen LogP contribution in [-0.4, -0.2) is 35.4 Å². The number of benzene rings is 1. The molecule has 0 fully saturated rings. The van der Waals surface area contributed by atoms with Gasteiger partial charge < -0.3 is 19.9 Å². The van der Waals surface area contributed by atoms with E-state index in [1.165, 1.54) is 6.26 Å². The van der Waals surface area contributed by atoms with Gasteiger partial charge in [0.15, 0.2) is 0 Å². The van der Waals surface area contributed by atoms with Crippen LogP contribution in [0.4, 0.5) is 0 Å². The molecular formula is C12H13NO4. The fourth-order valence-corrected chi connectivity index (χ4v) is 1.57. The molecule has 1 amide bonds. The zero-order valence-corrected chi connectivity index (χ0v) is 9.09. The molecule has 1 aromatic carbocycles. The van der Waals surface area contributed by atoms with E-state index in [-0.39, 0.29) is 19.1 Å². The Labute approximate surface area is 97.7 Å². The van der Waals surface area contributed by atoms with Gasteiger partial charge >= 0.3 is 0 Å². The van der Waals surface area contributed by atoms with E-state index in [0.29, 0.717) is 16.5 Å². The van der Waals surface area contributed by atoms with Gasteiger partial charge in [-0.2, -0.15) is 0 Å². The Hall–Kier alpha value is -1.85. The first kappa shape index (κ1) is 11.6.